The normalized spacial score (nSPS) is 30.0. The molecule has 3 nitrogen and oxygen atoms in total. The monoisotopic (exact) mass is 528 g/mol. The molecule has 26 heavy (non-hydrogen) atoms. The van der Waals surface area contributed by atoms with Gasteiger partial charge >= 0.3 is 19.8 Å². The van der Waals surface area contributed by atoms with Crippen LogP contribution < -0.4 is 0 Å². The number of nitrogens with zero attached hydrogens (tertiary/aromatic N) is 1. The van der Waals surface area contributed by atoms with Gasteiger partial charge in [-0.25, -0.2) is 0 Å². The molecular weight excluding hydrogens is 498 g/mol. The number of piperidine rings is 1. The van der Waals surface area contributed by atoms with Crippen molar-refractivity contribution in [3.63, 3.8) is 0 Å². The molecule has 1 saturated heterocycles. The van der Waals surface area contributed by atoms with Gasteiger partial charge in [0.15, 0.2) is 0 Å². The van der Waals surface area contributed by atoms with E-state index in [2.05, 4.69) is 48.5 Å². The molecule has 4 atom stereocenters. The predicted molar refractivity (Wildman–Crippen MR) is 105 cm³/mol. The molecule has 2 aromatic carbocycles. The number of nitrogens with one attached hydrogen (secondary N) is 1. The molecule has 1 heterocycles. The maximum Gasteiger partial charge on any atom is 1.00 e. The van der Waals surface area contributed by atoms with Crippen LogP contribution >= 0.6 is 0 Å². The summed E-state index contributed by atoms with van der Waals surface area (Å²) in [6, 6.07) is 19.1. The Morgan fingerprint density at radius 2 is 1.77 bits per heavy atom. The van der Waals surface area contributed by atoms with Gasteiger partial charge in [0.05, 0.1) is 19.6 Å². The maximum absolute atomic E-state index is 12.9. The SMILES string of the molecule is [CH3-].[NH-]C1CCC[N+]([O-])(CC2CC2c2cccc(-c3ccccc3)c2)C1.[Os+]. The third kappa shape index (κ3) is 4.81. The van der Waals surface area contributed by atoms with E-state index in [0.717, 1.165) is 19.3 Å². The quantitative estimate of drug-likeness (QED) is 0.298. The van der Waals surface area contributed by atoms with Crippen LogP contribution in [0.5, 0.6) is 0 Å². The Kier molecular flexibility index (Phi) is 7.17. The van der Waals surface area contributed by atoms with Crippen LogP contribution in [0.3, 0.4) is 0 Å². The van der Waals surface area contributed by atoms with Gasteiger partial charge in [-0.3, -0.25) is 0 Å². The molecule has 0 bridgehead atoms. The van der Waals surface area contributed by atoms with E-state index in [9.17, 15) is 5.21 Å². The van der Waals surface area contributed by atoms with E-state index >= 15 is 0 Å². The summed E-state index contributed by atoms with van der Waals surface area (Å²) in [7, 11) is 0. The Balaban J connectivity index is 0.00000121. The van der Waals surface area contributed by atoms with Crippen molar-refractivity contribution < 1.29 is 24.4 Å². The van der Waals surface area contributed by atoms with Crippen LogP contribution in [0, 0.1) is 18.6 Å². The van der Waals surface area contributed by atoms with Gasteiger partial charge in [-0.1, -0.05) is 67.1 Å². The Bertz CT molecular complexity index is 708. The summed E-state index contributed by atoms with van der Waals surface area (Å²) in [6.45, 7) is 1.91. The van der Waals surface area contributed by atoms with E-state index in [1.165, 1.54) is 16.7 Å². The fraction of sp³-hybridized carbons (Fsp3) is 0.409. The Labute approximate surface area is 170 Å². The first-order valence-corrected chi connectivity index (χ1v) is 9.07. The molecule has 4 rings (SSSR count). The molecule has 2 aromatic rings. The van der Waals surface area contributed by atoms with Crippen molar-refractivity contribution in [2.75, 3.05) is 19.6 Å². The first-order chi connectivity index (χ1) is 11.6. The van der Waals surface area contributed by atoms with E-state index in [4.69, 9.17) is 5.73 Å². The van der Waals surface area contributed by atoms with Gasteiger partial charge in [-0.15, -0.1) is 0 Å². The van der Waals surface area contributed by atoms with Gasteiger partial charge in [0.2, 0.25) is 0 Å². The van der Waals surface area contributed by atoms with Crippen molar-refractivity contribution in [2.24, 2.45) is 5.92 Å². The minimum atomic E-state index is -0.158. The molecule has 2 aliphatic rings. The number of hydrogen-bond donors (Lipinski definition) is 0. The van der Waals surface area contributed by atoms with Crippen LogP contribution in [-0.4, -0.2) is 30.3 Å². The van der Waals surface area contributed by atoms with E-state index in [0.29, 0.717) is 31.5 Å². The molecular formula is C22H28N2OOs-. The largest absolute Gasteiger partial charge is 1.00 e. The third-order valence-corrected chi connectivity index (χ3v) is 5.58. The average molecular weight is 527 g/mol. The van der Waals surface area contributed by atoms with Crippen LogP contribution in [0.4, 0.5) is 0 Å². The van der Waals surface area contributed by atoms with Crippen molar-refractivity contribution in [1.29, 1.82) is 0 Å². The molecule has 0 aromatic heterocycles. The summed E-state index contributed by atoms with van der Waals surface area (Å²) in [5.41, 5.74) is 11.8. The summed E-state index contributed by atoms with van der Waals surface area (Å²) in [5, 5.41) is 12.9. The van der Waals surface area contributed by atoms with Crippen LogP contribution in [0.15, 0.2) is 54.6 Å². The van der Waals surface area contributed by atoms with Crippen molar-refractivity contribution in [3.8, 4) is 11.1 Å². The van der Waals surface area contributed by atoms with Gasteiger partial charge in [0, 0.05) is 5.92 Å². The summed E-state index contributed by atoms with van der Waals surface area (Å²) in [4.78, 5) is 0. The Morgan fingerprint density at radius 3 is 2.50 bits per heavy atom. The molecule has 1 N–H and O–H groups in total. The fourth-order valence-electron chi connectivity index (χ4n) is 4.24. The van der Waals surface area contributed by atoms with Gasteiger partial charge in [-0.2, -0.15) is 0 Å². The van der Waals surface area contributed by atoms with Gasteiger partial charge in [-0.05, 0) is 35.4 Å². The molecule has 2 fully saturated rings. The molecule has 1 aliphatic carbocycles. The van der Waals surface area contributed by atoms with Gasteiger partial charge in [0.1, 0.15) is 0 Å². The summed E-state index contributed by atoms with van der Waals surface area (Å²) >= 11 is 0. The predicted octanol–water partition coefficient (Wildman–Crippen LogP) is 5.43. The van der Waals surface area contributed by atoms with Gasteiger partial charge < -0.3 is 23.0 Å². The molecule has 1 saturated carbocycles. The van der Waals surface area contributed by atoms with Gasteiger partial charge in [0.25, 0.3) is 0 Å². The van der Waals surface area contributed by atoms with Crippen LogP contribution in [0.2, 0.25) is 0 Å². The summed E-state index contributed by atoms with van der Waals surface area (Å²) in [5.74, 6) is 1.03. The van der Waals surface area contributed by atoms with Crippen molar-refractivity contribution in [3.05, 3.63) is 78.5 Å². The molecule has 1 aliphatic heterocycles. The number of rotatable bonds is 4. The summed E-state index contributed by atoms with van der Waals surface area (Å²) in [6.07, 6.45) is 2.94. The first kappa shape index (κ1) is 21.3. The minimum absolute atomic E-state index is 0. The van der Waals surface area contributed by atoms with Crippen LogP contribution in [0.1, 0.15) is 30.7 Å². The second-order valence-electron chi connectivity index (χ2n) is 7.58. The van der Waals surface area contributed by atoms with Crippen molar-refractivity contribution in [2.45, 2.75) is 31.2 Å². The average Bonchev–Trinajstić information content (AvgIpc) is 3.34. The van der Waals surface area contributed by atoms with E-state index in [1.54, 1.807) is 0 Å². The Morgan fingerprint density at radius 1 is 1.04 bits per heavy atom. The van der Waals surface area contributed by atoms with E-state index in [1.807, 2.05) is 6.07 Å². The number of likely N-dealkylation sites (tertiary alicyclic amines) is 1. The molecule has 4 unspecified atom stereocenters. The number of hydroxylamine groups is 3. The molecule has 0 spiro atoms. The van der Waals surface area contributed by atoms with E-state index in [-0.39, 0.29) is 37.9 Å². The third-order valence-electron chi connectivity index (χ3n) is 5.58. The number of benzene rings is 2. The van der Waals surface area contributed by atoms with Crippen molar-refractivity contribution >= 4 is 0 Å². The fourth-order valence-corrected chi connectivity index (χ4v) is 4.24. The zero-order valence-corrected chi connectivity index (χ0v) is 17.9. The molecule has 0 amide bonds. The first-order valence-electron chi connectivity index (χ1n) is 9.07. The molecule has 1 radical (unpaired) electrons. The zero-order chi connectivity index (χ0) is 16.6. The smallest absolute Gasteiger partial charge is 0.670 e. The summed E-state index contributed by atoms with van der Waals surface area (Å²) < 4.78 is -0.131. The maximum atomic E-state index is 12.9. The second-order valence-corrected chi connectivity index (χ2v) is 7.58. The topological polar surface area (TPSA) is 46.9 Å². The Hall–Kier alpha value is -1.04. The van der Waals surface area contributed by atoms with Crippen LogP contribution in [0.25, 0.3) is 16.9 Å². The number of hydrogen-bond acceptors (Lipinski definition) is 1. The molecule has 4 heteroatoms. The standard InChI is InChI=1S/C21H25N2O.CH3.Os/c22-20-10-5-11-23(24,15-20)14-19-13-21(19)18-9-4-8-17(12-18)16-6-2-1-3-7-16;;/h1-4,6-9,12,19-22H,5,10-11,13-15H2;1H3;/q2*-1;+1. The second kappa shape index (κ2) is 8.76. The number of quaternary nitrogens is 1. The minimum Gasteiger partial charge on any atom is -0.670 e. The molecule has 141 valence electrons. The van der Waals surface area contributed by atoms with E-state index < -0.39 is 0 Å². The zero-order valence-electron chi connectivity index (χ0n) is 15.4. The van der Waals surface area contributed by atoms with Crippen molar-refractivity contribution in [1.82, 2.24) is 0 Å². The van der Waals surface area contributed by atoms with Crippen LogP contribution in [-0.2, 0) is 19.8 Å².